The SMILES string of the molecule is C=C(C)c1nnc2ccc(N3CCC[C@H]3C(=O)N3CCN(c4ncc(C(F)(F)F)s4)CC3)nn12. The number of anilines is 2. The summed E-state index contributed by atoms with van der Waals surface area (Å²) in [7, 11) is 0. The van der Waals surface area contributed by atoms with Crippen molar-refractivity contribution in [1.29, 1.82) is 0 Å². The minimum absolute atomic E-state index is 0.0121. The third-order valence-electron chi connectivity index (χ3n) is 6.10. The molecular formula is C21H23F3N8OS. The van der Waals surface area contributed by atoms with E-state index in [0.29, 0.717) is 66.5 Å². The molecule has 13 heteroatoms. The molecule has 2 saturated heterocycles. The third-order valence-corrected chi connectivity index (χ3v) is 7.20. The van der Waals surface area contributed by atoms with E-state index in [1.54, 1.807) is 14.3 Å². The van der Waals surface area contributed by atoms with Crippen LogP contribution in [0, 0.1) is 0 Å². The molecule has 2 aliphatic heterocycles. The highest BCUT2D eigenvalue weighted by atomic mass is 32.1. The molecule has 0 bridgehead atoms. The Kier molecular flexibility index (Phi) is 5.66. The van der Waals surface area contributed by atoms with Crippen molar-refractivity contribution in [1.82, 2.24) is 29.7 Å². The Labute approximate surface area is 197 Å². The molecule has 34 heavy (non-hydrogen) atoms. The van der Waals surface area contributed by atoms with Gasteiger partial charge in [-0.15, -0.1) is 15.3 Å². The van der Waals surface area contributed by atoms with Crippen LogP contribution in [0.2, 0.25) is 0 Å². The van der Waals surface area contributed by atoms with Gasteiger partial charge in [-0.2, -0.15) is 17.7 Å². The number of allylic oxidation sites excluding steroid dienone is 1. The summed E-state index contributed by atoms with van der Waals surface area (Å²) in [6, 6.07) is 3.33. The molecule has 180 valence electrons. The molecule has 0 aliphatic carbocycles. The van der Waals surface area contributed by atoms with Gasteiger partial charge in [-0.05, 0) is 37.5 Å². The van der Waals surface area contributed by atoms with Gasteiger partial charge in [0.15, 0.2) is 16.6 Å². The van der Waals surface area contributed by atoms with E-state index in [9.17, 15) is 18.0 Å². The van der Waals surface area contributed by atoms with Crippen LogP contribution in [0.3, 0.4) is 0 Å². The topological polar surface area (TPSA) is 82.8 Å². The fraction of sp³-hybridized carbons (Fsp3) is 0.476. The highest BCUT2D eigenvalue weighted by Crippen LogP contribution is 2.36. The summed E-state index contributed by atoms with van der Waals surface area (Å²) in [6.45, 7) is 8.21. The number of rotatable bonds is 4. The largest absolute Gasteiger partial charge is 0.427 e. The molecule has 3 aromatic heterocycles. The minimum Gasteiger partial charge on any atom is -0.345 e. The molecule has 0 saturated carbocycles. The molecule has 0 N–H and O–H groups in total. The Morgan fingerprint density at radius 1 is 1.15 bits per heavy atom. The summed E-state index contributed by atoms with van der Waals surface area (Å²) in [4.78, 5) is 22.2. The van der Waals surface area contributed by atoms with Crippen molar-refractivity contribution >= 4 is 39.4 Å². The molecule has 0 aromatic carbocycles. The van der Waals surface area contributed by atoms with Gasteiger partial charge < -0.3 is 14.7 Å². The number of halogens is 3. The lowest BCUT2D eigenvalue weighted by atomic mass is 10.1. The minimum atomic E-state index is -4.39. The van der Waals surface area contributed by atoms with Gasteiger partial charge in [0.25, 0.3) is 0 Å². The number of alkyl halides is 3. The molecule has 0 spiro atoms. The average Bonchev–Trinajstić information content (AvgIpc) is 3.57. The molecule has 2 fully saturated rings. The molecule has 2 aliphatic rings. The van der Waals surface area contributed by atoms with Crippen LogP contribution < -0.4 is 9.80 Å². The first-order valence-corrected chi connectivity index (χ1v) is 11.8. The second-order valence-electron chi connectivity index (χ2n) is 8.43. The Balaban J connectivity index is 1.28. The molecule has 0 radical (unpaired) electrons. The highest BCUT2D eigenvalue weighted by Gasteiger charge is 2.37. The van der Waals surface area contributed by atoms with Gasteiger partial charge in [0, 0.05) is 32.7 Å². The summed E-state index contributed by atoms with van der Waals surface area (Å²) in [5.74, 6) is 1.26. The summed E-state index contributed by atoms with van der Waals surface area (Å²) >= 11 is 0.635. The molecule has 1 amide bonds. The average molecular weight is 493 g/mol. The van der Waals surface area contributed by atoms with Gasteiger partial charge in [-0.3, -0.25) is 4.79 Å². The van der Waals surface area contributed by atoms with E-state index in [1.165, 1.54) is 0 Å². The number of aromatic nitrogens is 5. The first-order valence-electron chi connectivity index (χ1n) is 10.9. The zero-order valence-corrected chi connectivity index (χ0v) is 19.3. The Morgan fingerprint density at radius 3 is 2.59 bits per heavy atom. The van der Waals surface area contributed by atoms with Crippen LogP contribution in [-0.4, -0.2) is 74.4 Å². The van der Waals surface area contributed by atoms with E-state index in [0.717, 1.165) is 24.6 Å². The summed E-state index contributed by atoms with van der Waals surface area (Å²) in [5, 5.41) is 13.2. The van der Waals surface area contributed by atoms with E-state index in [2.05, 4.69) is 26.9 Å². The number of amides is 1. The maximum absolute atomic E-state index is 13.4. The van der Waals surface area contributed by atoms with Gasteiger partial charge in [-0.1, -0.05) is 17.9 Å². The van der Waals surface area contributed by atoms with Crippen molar-refractivity contribution in [2.24, 2.45) is 0 Å². The van der Waals surface area contributed by atoms with E-state index >= 15 is 0 Å². The maximum atomic E-state index is 13.4. The summed E-state index contributed by atoms with van der Waals surface area (Å²) in [5.41, 5.74) is 1.35. The van der Waals surface area contributed by atoms with Crippen LogP contribution in [0.1, 0.15) is 30.5 Å². The number of hydrogen-bond acceptors (Lipinski definition) is 8. The van der Waals surface area contributed by atoms with Crippen LogP contribution >= 0.6 is 11.3 Å². The fourth-order valence-electron chi connectivity index (χ4n) is 4.37. The number of fused-ring (bicyclic) bond motifs is 1. The Morgan fingerprint density at radius 2 is 1.91 bits per heavy atom. The number of carbonyl (C=O) groups is 1. The molecule has 3 aromatic rings. The lowest BCUT2D eigenvalue weighted by molar-refractivity contribution is -0.134. The molecule has 5 heterocycles. The van der Waals surface area contributed by atoms with Crippen molar-refractivity contribution in [2.75, 3.05) is 42.5 Å². The van der Waals surface area contributed by atoms with Crippen molar-refractivity contribution in [3.8, 4) is 0 Å². The molecular weight excluding hydrogens is 469 g/mol. The lowest BCUT2D eigenvalue weighted by Crippen LogP contribution is -2.54. The predicted molar refractivity (Wildman–Crippen MR) is 122 cm³/mol. The highest BCUT2D eigenvalue weighted by molar-refractivity contribution is 7.15. The van der Waals surface area contributed by atoms with Crippen LogP contribution in [0.15, 0.2) is 24.9 Å². The number of thiazole rings is 1. The van der Waals surface area contributed by atoms with E-state index < -0.39 is 11.1 Å². The summed E-state index contributed by atoms with van der Waals surface area (Å²) in [6.07, 6.45) is -1.94. The predicted octanol–water partition coefficient (Wildman–Crippen LogP) is 2.95. The van der Waals surface area contributed by atoms with Crippen LogP contribution in [0.4, 0.5) is 24.1 Å². The fourth-order valence-corrected chi connectivity index (χ4v) is 5.20. The smallest absolute Gasteiger partial charge is 0.345 e. The standard InChI is InChI=1S/C21H23F3N8OS/c1-13(2)18-27-26-16-5-6-17(28-32(16)18)31-7-3-4-14(31)19(33)29-8-10-30(11-9-29)20-25-12-15(34-20)21(22,23)24/h5-6,12,14H,1,3-4,7-11H2,2H3/t14-/m0/s1. The van der Waals surface area contributed by atoms with Gasteiger partial charge in [-0.25, -0.2) is 4.98 Å². The van der Waals surface area contributed by atoms with Crippen LogP contribution in [0.25, 0.3) is 11.2 Å². The number of nitrogens with zero attached hydrogens (tertiary/aromatic N) is 8. The van der Waals surface area contributed by atoms with Gasteiger partial charge in [0.1, 0.15) is 16.7 Å². The number of piperazine rings is 1. The molecule has 5 rings (SSSR count). The second kappa shape index (κ2) is 8.53. The second-order valence-corrected chi connectivity index (χ2v) is 9.44. The third kappa shape index (κ3) is 4.08. The molecule has 9 nitrogen and oxygen atoms in total. The lowest BCUT2D eigenvalue weighted by Gasteiger charge is -2.37. The molecule has 1 atom stereocenters. The quantitative estimate of drug-likeness (QED) is 0.554. The number of carbonyl (C=O) groups excluding carboxylic acids is 1. The van der Waals surface area contributed by atoms with Crippen LogP contribution in [-0.2, 0) is 11.0 Å². The van der Waals surface area contributed by atoms with E-state index in [-0.39, 0.29) is 11.9 Å². The monoisotopic (exact) mass is 492 g/mol. The maximum Gasteiger partial charge on any atom is 0.427 e. The molecule has 0 unspecified atom stereocenters. The van der Waals surface area contributed by atoms with Gasteiger partial charge in [0.2, 0.25) is 5.91 Å². The zero-order chi connectivity index (χ0) is 24.0. The Hall–Kier alpha value is -3.22. The van der Waals surface area contributed by atoms with Crippen molar-refractivity contribution < 1.29 is 18.0 Å². The van der Waals surface area contributed by atoms with Crippen molar-refractivity contribution in [3.63, 3.8) is 0 Å². The normalized spacial score (nSPS) is 19.3. The summed E-state index contributed by atoms with van der Waals surface area (Å²) < 4.78 is 40.3. The van der Waals surface area contributed by atoms with Gasteiger partial charge in [0.05, 0.1) is 6.20 Å². The van der Waals surface area contributed by atoms with Gasteiger partial charge >= 0.3 is 6.18 Å². The van der Waals surface area contributed by atoms with E-state index in [4.69, 9.17) is 0 Å². The zero-order valence-electron chi connectivity index (χ0n) is 18.5. The van der Waals surface area contributed by atoms with Crippen molar-refractivity contribution in [3.05, 3.63) is 35.6 Å². The van der Waals surface area contributed by atoms with E-state index in [1.807, 2.05) is 24.0 Å². The van der Waals surface area contributed by atoms with Crippen LogP contribution in [0.5, 0.6) is 0 Å². The number of hydrogen-bond donors (Lipinski definition) is 0. The first kappa shape index (κ1) is 22.6. The first-order chi connectivity index (χ1) is 16.2. The van der Waals surface area contributed by atoms with Crippen molar-refractivity contribution in [2.45, 2.75) is 32.0 Å². The Bertz CT molecular complexity index is 1230.